The van der Waals surface area contributed by atoms with Crippen molar-refractivity contribution in [3.8, 4) is 28.4 Å². The molecule has 1 saturated heterocycles. The van der Waals surface area contributed by atoms with Crippen LogP contribution >= 0.6 is 0 Å². The fourth-order valence-electron chi connectivity index (χ4n) is 5.22. The van der Waals surface area contributed by atoms with Gasteiger partial charge in [-0.05, 0) is 54.2 Å². The topological polar surface area (TPSA) is 149 Å². The molecule has 4 rings (SSSR count). The summed E-state index contributed by atoms with van der Waals surface area (Å²) < 4.78 is 40.3. The van der Waals surface area contributed by atoms with Gasteiger partial charge in [-0.2, -0.15) is 0 Å². The van der Waals surface area contributed by atoms with E-state index in [4.69, 9.17) is 14.2 Å². The third-order valence-electron chi connectivity index (χ3n) is 6.95. The van der Waals surface area contributed by atoms with Crippen LogP contribution in [0.2, 0.25) is 0 Å². The van der Waals surface area contributed by atoms with Gasteiger partial charge in [0.15, 0.2) is 21.3 Å². The minimum atomic E-state index is -3.13. The van der Waals surface area contributed by atoms with Gasteiger partial charge in [0, 0.05) is 18.5 Å². The average molecular weight is 560 g/mol. The van der Waals surface area contributed by atoms with Crippen LogP contribution in [-0.4, -0.2) is 65.7 Å². The molecular formula is C27H33N3O8S. The summed E-state index contributed by atoms with van der Waals surface area (Å²) in [5, 5.41) is 8.53. The Morgan fingerprint density at radius 2 is 1.74 bits per heavy atom. The van der Waals surface area contributed by atoms with Gasteiger partial charge in [-0.3, -0.25) is 14.4 Å². The molecular weight excluding hydrogens is 526 g/mol. The Morgan fingerprint density at radius 1 is 1.00 bits per heavy atom. The molecule has 3 N–H and O–H groups in total. The van der Waals surface area contributed by atoms with Gasteiger partial charge >= 0.3 is 0 Å². The van der Waals surface area contributed by atoms with Crippen LogP contribution in [0.15, 0.2) is 29.1 Å². The van der Waals surface area contributed by atoms with Crippen molar-refractivity contribution in [3.63, 3.8) is 0 Å². The van der Waals surface area contributed by atoms with Gasteiger partial charge in [0.25, 0.3) is 0 Å². The van der Waals surface area contributed by atoms with E-state index in [1.807, 2.05) is 6.07 Å². The van der Waals surface area contributed by atoms with Crippen molar-refractivity contribution in [2.24, 2.45) is 0 Å². The zero-order valence-electron chi connectivity index (χ0n) is 22.4. The average Bonchev–Trinajstić information content (AvgIpc) is 3.05. The molecule has 0 spiro atoms. The van der Waals surface area contributed by atoms with Crippen LogP contribution in [0.4, 0.5) is 5.69 Å². The van der Waals surface area contributed by atoms with Crippen molar-refractivity contribution >= 4 is 27.3 Å². The fraction of sp³-hybridized carbons (Fsp3) is 0.444. The molecule has 0 bridgehead atoms. The Hall–Kier alpha value is -3.80. The lowest BCUT2D eigenvalue weighted by atomic mass is 9.95. The molecule has 1 fully saturated rings. The number of amides is 2. The highest BCUT2D eigenvalue weighted by molar-refractivity contribution is 7.91. The standard InChI is InChI=1S/C27H33N3O8S/c1-15(31)29-20-7-5-16-11-23(36-2)26(37-3)27(38-4)25(16)18-6-8-21(22(32)12-19(18)20)28-13-24(33)30-17-9-10-39(34,35)14-17/h6,8,11-12,17,20H,5,7,9-10,13-14H2,1-4H3,(H,28,32)(H,29,31)(H,30,33)/t17?,20-/m0/s1. The SMILES string of the molecule is COc1cc2c(c(OC)c1OC)-c1ccc(NCC(=O)NC3CCS(=O)(=O)C3)c(=O)cc1[C@@H](NC(C)=O)CC2. The summed E-state index contributed by atoms with van der Waals surface area (Å²) in [6.45, 7) is 1.22. The first-order valence-corrected chi connectivity index (χ1v) is 14.4. The van der Waals surface area contributed by atoms with E-state index in [1.165, 1.54) is 34.3 Å². The van der Waals surface area contributed by atoms with E-state index >= 15 is 0 Å². The maximum absolute atomic E-state index is 13.3. The van der Waals surface area contributed by atoms with Crippen LogP contribution in [0.5, 0.6) is 17.2 Å². The molecule has 39 heavy (non-hydrogen) atoms. The summed E-state index contributed by atoms with van der Waals surface area (Å²) in [6.07, 6.45) is 1.47. The van der Waals surface area contributed by atoms with Gasteiger partial charge in [-0.25, -0.2) is 8.42 Å². The lowest BCUT2D eigenvalue weighted by Crippen LogP contribution is -2.39. The van der Waals surface area contributed by atoms with Crippen molar-refractivity contribution in [1.29, 1.82) is 0 Å². The molecule has 1 aliphatic carbocycles. The first-order valence-electron chi connectivity index (χ1n) is 12.6. The molecule has 2 amide bonds. The second-order valence-electron chi connectivity index (χ2n) is 9.62. The summed E-state index contributed by atoms with van der Waals surface area (Å²) in [6, 6.07) is 5.79. The Balaban J connectivity index is 1.74. The van der Waals surface area contributed by atoms with Crippen LogP contribution < -0.4 is 35.6 Å². The molecule has 0 saturated carbocycles. The second kappa shape index (κ2) is 11.5. The maximum Gasteiger partial charge on any atom is 0.239 e. The lowest BCUT2D eigenvalue weighted by molar-refractivity contribution is -0.120. The molecule has 0 radical (unpaired) electrons. The Kier molecular flexibility index (Phi) is 8.34. The third-order valence-corrected chi connectivity index (χ3v) is 8.72. The summed E-state index contributed by atoms with van der Waals surface area (Å²) >= 11 is 0. The van der Waals surface area contributed by atoms with Crippen molar-refractivity contribution in [2.45, 2.75) is 38.3 Å². The van der Waals surface area contributed by atoms with Gasteiger partial charge in [-0.1, -0.05) is 6.07 Å². The summed E-state index contributed by atoms with van der Waals surface area (Å²) in [4.78, 5) is 37.8. The van der Waals surface area contributed by atoms with Crippen molar-refractivity contribution in [2.75, 3.05) is 44.7 Å². The van der Waals surface area contributed by atoms with E-state index in [0.717, 1.165) is 11.1 Å². The number of ether oxygens (including phenoxy) is 3. The van der Waals surface area contributed by atoms with Crippen molar-refractivity contribution in [1.82, 2.24) is 10.6 Å². The van der Waals surface area contributed by atoms with Crippen LogP contribution in [0.1, 0.15) is 36.9 Å². The van der Waals surface area contributed by atoms with Gasteiger partial charge < -0.3 is 30.2 Å². The van der Waals surface area contributed by atoms with E-state index in [9.17, 15) is 22.8 Å². The number of aryl methyl sites for hydroxylation is 1. The minimum absolute atomic E-state index is 0.0488. The molecule has 1 heterocycles. The summed E-state index contributed by atoms with van der Waals surface area (Å²) in [7, 11) is 1.44. The predicted octanol–water partition coefficient (Wildman–Crippen LogP) is 1.58. The first kappa shape index (κ1) is 28.2. The number of methoxy groups -OCH3 is 3. The van der Waals surface area contributed by atoms with Crippen LogP contribution in [0, 0.1) is 0 Å². The molecule has 11 nitrogen and oxygen atoms in total. The molecule has 1 unspecified atom stereocenters. The van der Waals surface area contributed by atoms with Crippen LogP contribution in [-0.2, 0) is 25.8 Å². The third kappa shape index (κ3) is 6.11. The zero-order chi connectivity index (χ0) is 28.3. The molecule has 2 aromatic carbocycles. The normalized spacial score (nSPS) is 19.1. The molecule has 2 aliphatic rings. The smallest absolute Gasteiger partial charge is 0.239 e. The molecule has 2 aromatic rings. The molecule has 1 aliphatic heterocycles. The first-order chi connectivity index (χ1) is 18.6. The monoisotopic (exact) mass is 559 g/mol. The Labute approximate surface area is 227 Å². The number of hydrogen-bond donors (Lipinski definition) is 3. The van der Waals surface area contributed by atoms with Gasteiger partial charge in [-0.15, -0.1) is 0 Å². The van der Waals surface area contributed by atoms with Gasteiger partial charge in [0.1, 0.15) is 0 Å². The van der Waals surface area contributed by atoms with E-state index < -0.39 is 27.8 Å². The Morgan fingerprint density at radius 3 is 2.36 bits per heavy atom. The fourth-order valence-corrected chi connectivity index (χ4v) is 6.89. The maximum atomic E-state index is 13.3. The Bertz CT molecular complexity index is 1460. The number of rotatable bonds is 8. The number of sulfone groups is 1. The molecule has 210 valence electrons. The minimum Gasteiger partial charge on any atom is -0.493 e. The van der Waals surface area contributed by atoms with Crippen molar-refractivity contribution in [3.05, 3.63) is 45.6 Å². The number of anilines is 1. The van der Waals surface area contributed by atoms with Gasteiger partial charge in [0.2, 0.25) is 23.0 Å². The van der Waals surface area contributed by atoms with Crippen molar-refractivity contribution < 1.29 is 32.2 Å². The highest BCUT2D eigenvalue weighted by atomic mass is 32.2. The zero-order valence-corrected chi connectivity index (χ0v) is 23.2. The predicted molar refractivity (Wildman–Crippen MR) is 146 cm³/mol. The number of fused-ring (bicyclic) bond motifs is 3. The molecule has 12 heteroatoms. The van der Waals surface area contributed by atoms with E-state index in [2.05, 4.69) is 16.0 Å². The van der Waals surface area contributed by atoms with Crippen LogP contribution in [0.3, 0.4) is 0 Å². The number of carbonyl (C=O) groups is 2. The number of nitrogens with one attached hydrogen (secondary N) is 3. The lowest BCUT2D eigenvalue weighted by Gasteiger charge is -2.19. The summed E-state index contributed by atoms with van der Waals surface area (Å²) in [5.41, 5.74) is 2.71. The second-order valence-corrected chi connectivity index (χ2v) is 11.8. The van der Waals surface area contributed by atoms with Gasteiger partial charge in [0.05, 0.1) is 51.1 Å². The quantitative estimate of drug-likeness (QED) is 0.438. The van der Waals surface area contributed by atoms with E-state index in [-0.39, 0.29) is 35.1 Å². The van der Waals surface area contributed by atoms with Crippen LogP contribution in [0.25, 0.3) is 11.1 Å². The highest BCUT2D eigenvalue weighted by Gasteiger charge is 2.30. The molecule has 0 aromatic heterocycles. The van der Waals surface area contributed by atoms with E-state index in [0.29, 0.717) is 47.6 Å². The van der Waals surface area contributed by atoms with E-state index in [1.54, 1.807) is 12.1 Å². The number of benzene rings is 1. The summed E-state index contributed by atoms with van der Waals surface area (Å²) in [5.74, 6) is 0.662. The highest BCUT2D eigenvalue weighted by Crippen LogP contribution is 2.50. The molecule has 2 atom stereocenters. The number of hydrogen-bond acceptors (Lipinski definition) is 9. The largest absolute Gasteiger partial charge is 0.493 e. The number of carbonyl (C=O) groups excluding carboxylic acids is 2.